The van der Waals surface area contributed by atoms with Crippen LogP contribution in [0, 0.1) is 0 Å². The van der Waals surface area contributed by atoms with Gasteiger partial charge in [0.25, 0.3) is 5.91 Å². The van der Waals surface area contributed by atoms with Gasteiger partial charge in [0.2, 0.25) is 5.91 Å². The van der Waals surface area contributed by atoms with Crippen molar-refractivity contribution in [3.63, 3.8) is 0 Å². The molecular formula is C21H27N3O3. The minimum atomic E-state index is -0.158. The summed E-state index contributed by atoms with van der Waals surface area (Å²) in [7, 11) is 0. The molecule has 0 aliphatic rings. The molecule has 0 atom stereocenters. The molecule has 6 nitrogen and oxygen atoms in total. The van der Waals surface area contributed by atoms with E-state index in [0.29, 0.717) is 11.3 Å². The van der Waals surface area contributed by atoms with E-state index in [1.807, 2.05) is 39.8 Å². The van der Waals surface area contributed by atoms with Crippen LogP contribution in [-0.2, 0) is 4.79 Å². The van der Waals surface area contributed by atoms with E-state index in [1.54, 1.807) is 36.4 Å². The third-order valence-electron chi connectivity index (χ3n) is 3.53. The van der Waals surface area contributed by atoms with Crippen molar-refractivity contribution in [2.24, 2.45) is 0 Å². The highest BCUT2D eigenvalue weighted by molar-refractivity contribution is 5.95. The van der Waals surface area contributed by atoms with Crippen molar-refractivity contribution in [2.75, 3.05) is 17.2 Å². The van der Waals surface area contributed by atoms with Crippen LogP contribution in [0.15, 0.2) is 48.5 Å². The largest absolute Gasteiger partial charge is 0.491 e. The van der Waals surface area contributed by atoms with Gasteiger partial charge in [-0.1, -0.05) is 0 Å². The zero-order valence-corrected chi connectivity index (χ0v) is 16.2. The molecule has 2 rings (SSSR count). The summed E-state index contributed by atoms with van der Waals surface area (Å²) in [6, 6.07) is 14.4. The highest BCUT2D eigenvalue weighted by Gasteiger charge is 2.07. The maximum Gasteiger partial charge on any atom is 0.251 e. The number of carbonyl (C=O) groups is 2. The molecular weight excluding hydrogens is 342 g/mol. The van der Waals surface area contributed by atoms with E-state index < -0.39 is 0 Å². The average Bonchev–Trinajstić information content (AvgIpc) is 2.61. The third-order valence-corrected chi connectivity index (χ3v) is 3.53. The van der Waals surface area contributed by atoms with Crippen molar-refractivity contribution in [3.05, 3.63) is 54.1 Å². The topological polar surface area (TPSA) is 79.5 Å². The second-order valence-electron chi connectivity index (χ2n) is 6.80. The Morgan fingerprint density at radius 3 is 2.04 bits per heavy atom. The summed E-state index contributed by atoms with van der Waals surface area (Å²) >= 11 is 0. The molecule has 0 fully saturated rings. The number of carbonyl (C=O) groups excluding carboxylic acids is 2. The van der Waals surface area contributed by atoms with Gasteiger partial charge in [0.05, 0.1) is 12.6 Å². The Morgan fingerprint density at radius 1 is 0.889 bits per heavy atom. The minimum absolute atomic E-state index is 0.0880. The Labute approximate surface area is 160 Å². The highest BCUT2D eigenvalue weighted by atomic mass is 16.5. The summed E-state index contributed by atoms with van der Waals surface area (Å²) in [5.74, 6) is 0.496. The number of nitrogens with one attached hydrogen (secondary N) is 3. The molecule has 0 spiro atoms. The Balaban J connectivity index is 1.82. The van der Waals surface area contributed by atoms with Gasteiger partial charge < -0.3 is 20.7 Å². The number of rotatable bonds is 8. The lowest BCUT2D eigenvalue weighted by molar-refractivity contribution is -0.114. The second-order valence-corrected chi connectivity index (χ2v) is 6.80. The summed E-state index contributed by atoms with van der Waals surface area (Å²) in [6.07, 6.45) is 0.109. The summed E-state index contributed by atoms with van der Waals surface area (Å²) in [5.41, 5.74) is 2.06. The normalized spacial score (nSPS) is 10.6. The van der Waals surface area contributed by atoms with Gasteiger partial charge in [-0.2, -0.15) is 0 Å². The van der Waals surface area contributed by atoms with Crippen LogP contribution in [0.2, 0.25) is 0 Å². The summed E-state index contributed by atoms with van der Waals surface area (Å²) < 4.78 is 5.57. The molecule has 0 aliphatic carbocycles. The molecule has 2 amide bonds. The molecule has 3 N–H and O–H groups in total. The quantitative estimate of drug-likeness (QED) is 0.663. The van der Waals surface area contributed by atoms with Crippen LogP contribution in [0.4, 0.5) is 11.4 Å². The van der Waals surface area contributed by atoms with Crippen LogP contribution in [0.5, 0.6) is 5.75 Å². The Bertz CT molecular complexity index is 753. The average molecular weight is 369 g/mol. The molecule has 144 valence electrons. The molecule has 27 heavy (non-hydrogen) atoms. The lowest BCUT2D eigenvalue weighted by Gasteiger charge is -2.11. The second kappa shape index (κ2) is 9.62. The van der Waals surface area contributed by atoms with Gasteiger partial charge in [-0.15, -0.1) is 0 Å². The fourth-order valence-corrected chi connectivity index (χ4v) is 2.36. The van der Waals surface area contributed by atoms with E-state index in [4.69, 9.17) is 4.74 Å². The summed E-state index contributed by atoms with van der Waals surface area (Å²) in [6.45, 7) is 7.88. The van der Waals surface area contributed by atoms with Crippen molar-refractivity contribution in [3.8, 4) is 5.75 Å². The molecule has 2 aromatic rings. The number of amides is 2. The standard InChI is InChI=1S/C21H27N3O3/c1-14(2)23-21(26)16-5-7-17(8-6-16)22-13-20(25)24-18-9-11-19(12-10-18)27-15(3)4/h5-12,14-15,22H,13H2,1-4H3,(H,23,26)(H,24,25). The maximum absolute atomic E-state index is 12.1. The SMILES string of the molecule is CC(C)NC(=O)c1ccc(NCC(=O)Nc2ccc(OC(C)C)cc2)cc1. The maximum atomic E-state index is 12.1. The van der Waals surface area contributed by atoms with Gasteiger partial charge in [-0.3, -0.25) is 9.59 Å². The van der Waals surface area contributed by atoms with Crippen molar-refractivity contribution in [1.29, 1.82) is 0 Å². The molecule has 2 aromatic carbocycles. The van der Waals surface area contributed by atoms with Crippen LogP contribution in [0.1, 0.15) is 38.1 Å². The van der Waals surface area contributed by atoms with Gasteiger partial charge in [-0.05, 0) is 76.2 Å². The monoisotopic (exact) mass is 369 g/mol. The molecule has 0 bridgehead atoms. The number of hydrogen-bond acceptors (Lipinski definition) is 4. The molecule has 0 saturated carbocycles. The first kappa shape index (κ1) is 20.3. The molecule has 0 radical (unpaired) electrons. The molecule has 0 aromatic heterocycles. The van der Waals surface area contributed by atoms with Gasteiger partial charge in [0.15, 0.2) is 0 Å². The highest BCUT2D eigenvalue weighted by Crippen LogP contribution is 2.17. The molecule has 0 aliphatic heterocycles. The van der Waals surface area contributed by atoms with Crippen molar-refractivity contribution in [2.45, 2.75) is 39.8 Å². The number of ether oxygens (including phenoxy) is 1. The van der Waals surface area contributed by atoms with Crippen LogP contribution in [-0.4, -0.2) is 30.5 Å². The van der Waals surface area contributed by atoms with Crippen LogP contribution >= 0.6 is 0 Å². The van der Waals surface area contributed by atoms with Crippen LogP contribution < -0.4 is 20.7 Å². The van der Waals surface area contributed by atoms with E-state index in [0.717, 1.165) is 11.4 Å². The van der Waals surface area contributed by atoms with Gasteiger partial charge in [0, 0.05) is 23.0 Å². The lowest BCUT2D eigenvalue weighted by atomic mass is 10.2. The van der Waals surface area contributed by atoms with Crippen molar-refractivity contribution in [1.82, 2.24) is 5.32 Å². The minimum Gasteiger partial charge on any atom is -0.491 e. The van der Waals surface area contributed by atoms with E-state index in [9.17, 15) is 9.59 Å². The van der Waals surface area contributed by atoms with Crippen LogP contribution in [0.3, 0.4) is 0 Å². The summed E-state index contributed by atoms with van der Waals surface area (Å²) in [4.78, 5) is 24.0. The molecule has 0 heterocycles. The number of anilines is 2. The van der Waals surface area contributed by atoms with E-state index in [-0.39, 0.29) is 30.5 Å². The number of hydrogen-bond donors (Lipinski definition) is 3. The third kappa shape index (κ3) is 7.01. The molecule has 0 saturated heterocycles. The predicted molar refractivity (Wildman–Crippen MR) is 108 cm³/mol. The summed E-state index contributed by atoms with van der Waals surface area (Å²) in [5, 5.41) is 8.70. The van der Waals surface area contributed by atoms with E-state index in [2.05, 4.69) is 16.0 Å². The first-order chi connectivity index (χ1) is 12.8. The fourth-order valence-electron chi connectivity index (χ4n) is 2.36. The van der Waals surface area contributed by atoms with Gasteiger partial charge in [-0.25, -0.2) is 0 Å². The van der Waals surface area contributed by atoms with E-state index >= 15 is 0 Å². The lowest BCUT2D eigenvalue weighted by Crippen LogP contribution is -2.30. The predicted octanol–water partition coefficient (Wildman–Crippen LogP) is 3.66. The van der Waals surface area contributed by atoms with Crippen molar-refractivity contribution >= 4 is 23.2 Å². The Hall–Kier alpha value is -3.02. The first-order valence-corrected chi connectivity index (χ1v) is 9.05. The van der Waals surface area contributed by atoms with Gasteiger partial charge >= 0.3 is 0 Å². The Morgan fingerprint density at radius 2 is 1.48 bits per heavy atom. The first-order valence-electron chi connectivity index (χ1n) is 9.05. The smallest absolute Gasteiger partial charge is 0.251 e. The Kier molecular flexibility index (Phi) is 7.23. The molecule has 0 unspecified atom stereocenters. The van der Waals surface area contributed by atoms with Gasteiger partial charge in [0.1, 0.15) is 5.75 Å². The van der Waals surface area contributed by atoms with Crippen molar-refractivity contribution < 1.29 is 14.3 Å². The number of benzene rings is 2. The van der Waals surface area contributed by atoms with E-state index in [1.165, 1.54) is 0 Å². The molecule has 6 heteroatoms. The zero-order valence-electron chi connectivity index (χ0n) is 16.2. The fraction of sp³-hybridized carbons (Fsp3) is 0.333. The zero-order chi connectivity index (χ0) is 19.8. The van der Waals surface area contributed by atoms with Crippen LogP contribution in [0.25, 0.3) is 0 Å².